The van der Waals surface area contributed by atoms with Gasteiger partial charge in [0.1, 0.15) is 11.6 Å². The van der Waals surface area contributed by atoms with E-state index in [0.29, 0.717) is 18.9 Å². The SMILES string of the molecule is CCNc1ncc(F)cc1C(=O)NCCCSC. The van der Waals surface area contributed by atoms with Crippen LogP contribution in [0.5, 0.6) is 0 Å². The average molecular weight is 271 g/mol. The number of amides is 1. The van der Waals surface area contributed by atoms with Gasteiger partial charge in [0.25, 0.3) is 5.91 Å². The van der Waals surface area contributed by atoms with Crippen LogP contribution < -0.4 is 10.6 Å². The van der Waals surface area contributed by atoms with Crippen molar-refractivity contribution in [3.8, 4) is 0 Å². The molecule has 4 nitrogen and oxygen atoms in total. The van der Waals surface area contributed by atoms with Gasteiger partial charge in [0.05, 0.1) is 11.8 Å². The van der Waals surface area contributed by atoms with Crippen molar-refractivity contribution < 1.29 is 9.18 Å². The van der Waals surface area contributed by atoms with Crippen molar-refractivity contribution in [3.05, 3.63) is 23.6 Å². The second kappa shape index (κ2) is 7.92. The highest BCUT2D eigenvalue weighted by atomic mass is 32.2. The zero-order valence-electron chi connectivity index (χ0n) is 10.6. The minimum atomic E-state index is -0.508. The maximum atomic E-state index is 13.1. The van der Waals surface area contributed by atoms with E-state index in [2.05, 4.69) is 15.6 Å². The van der Waals surface area contributed by atoms with E-state index in [0.717, 1.165) is 18.4 Å². The molecule has 1 heterocycles. The molecule has 0 saturated carbocycles. The van der Waals surface area contributed by atoms with E-state index in [1.165, 1.54) is 6.07 Å². The second-order valence-corrected chi connectivity index (χ2v) is 4.67. The van der Waals surface area contributed by atoms with E-state index in [4.69, 9.17) is 0 Å². The van der Waals surface area contributed by atoms with Crippen molar-refractivity contribution in [2.24, 2.45) is 0 Å². The largest absolute Gasteiger partial charge is 0.370 e. The fourth-order valence-electron chi connectivity index (χ4n) is 1.43. The molecule has 1 rings (SSSR count). The summed E-state index contributed by atoms with van der Waals surface area (Å²) in [7, 11) is 0. The van der Waals surface area contributed by atoms with Gasteiger partial charge in [-0.15, -0.1) is 0 Å². The number of pyridine rings is 1. The monoisotopic (exact) mass is 271 g/mol. The molecule has 0 aliphatic rings. The first-order chi connectivity index (χ1) is 8.69. The average Bonchev–Trinajstić information content (AvgIpc) is 2.37. The van der Waals surface area contributed by atoms with Crippen LogP contribution in [0.15, 0.2) is 12.3 Å². The smallest absolute Gasteiger partial charge is 0.255 e. The Labute approximate surface area is 111 Å². The first-order valence-electron chi connectivity index (χ1n) is 5.85. The molecule has 100 valence electrons. The van der Waals surface area contributed by atoms with E-state index in [-0.39, 0.29) is 11.5 Å². The first-order valence-corrected chi connectivity index (χ1v) is 7.25. The number of hydrogen-bond donors (Lipinski definition) is 2. The van der Waals surface area contributed by atoms with Crippen LogP contribution >= 0.6 is 11.8 Å². The Morgan fingerprint density at radius 1 is 1.56 bits per heavy atom. The highest BCUT2D eigenvalue weighted by Crippen LogP contribution is 2.13. The summed E-state index contributed by atoms with van der Waals surface area (Å²) in [4.78, 5) is 15.8. The van der Waals surface area contributed by atoms with Gasteiger partial charge in [0.15, 0.2) is 0 Å². The van der Waals surface area contributed by atoms with E-state index in [1.54, 1.807) is 11.8 Å². The standard InChI is InChI=1S/C12H18FN3OS/c1-3-14-11-10(7-9(13)8-16-11)12(17)15-5-4-6-18-2/h7-8H,3-6H2,1-2H3,(H,14,16)(H,15,17). The van der Waals surface area contributed by atoms with E-state index in [1.807, 2.05) is 13.2 Å². The lowest BCUT2D eigenvalue weighted by atomic mass is 10.2. The molecule has 0 aromatic carbocycles. The van der Waals surface area contributed by atoms with E-state index < -0.39 is 5.82 Å². The number of halogens is 1. The molecule has 6 heteroatoms. The maximum absolute atomic E-state index is 13.1. The summed E-state index contributed by atoms with van der Waals surface area (Å²) in [5, 5.41) is 5.70. The molecule has 18 heavy (non-hydrogen) atoms. The fraction of sp³-hybridized carbons (Fsp3) is 0.500. The van der Waals surface area contributed by atoms with Gasteiger partial charge < -0.3 is 10.6 Å². The number of rotatable bonds is 7. The number of thioether (sulfide) groups is 1. The molecule has 1 aromatic rings. The summed E-state index contributed by atoms with van der Waals surface area (Å²) < 4.78 is 13.1. The van der Waals surface area contributed by atoms with Crippen LogP contribution in [0.3, 0.4) is 0 Å². The zero-order valence-corrected chi connectivity index (χ0v) is 11.4. The quantitative estimate of drug-likeness (QED) is 0.746. The zero-order chi connectivity index (χ0) is 13.4. The molecule has 0 aliphatic carbocycles. The normalized spacial score (nSPS) is 10.2. The van der Waals surface area contributed by atoms with Gasteiger partial charge in [-0.2, -0.15) is 11.8 Å². The number of carbonyl (C=O) groups is 1. The molecule has 0 aliphatic heterocycles. The summed E-state index contributed by atoms with van der Waals surface area (Å²) >= 11 is 1.73. The molecule has 0 atom stereocenters. The molecule has 0 radical (unpaired) electrons. The van der Waals surface area contributed by atoms with E-state index in [9.17, 15) is 9.18 Å². The van der Waals surface area contributed by atoms with Crippen LogP contribution in [-0.2, 0) is 0 Å². The third-order valence-electron chi connectivity index (χ3n) is 2.25. The van der Waals surface area contributed by atoms with Crippen LogP contribution in [-0.4, -0.2) is 36.0 Å². The highest BCUT2D eigenvalue weighted by Gasteiger charge is 2.13. The van der Waals surface area contributed by atoms with Crippen molar-refractivity contribution in [3.63, 3.8) is 0 Å². The van der Waals surface area contributed by atoms with Gasteiger partial charge in [-0.3, -0.25) is 4.79 Å². The molecule has 1 aromatic heterocycles. The van der Waals surface area contributed by atoms with Crippen molar-refractivity contribution in [2.45, 2.75) is 13.3 Å². The number of carbonyl (C=O) groups excluding carboxylic acids is 1. The maximum Gasteiger partial charge on any atom is 0.255 e. The van der Waals surface area contributed by atoms with E-state index >= 15 is 0 Å². The van der Waals surface area contributed by atoms with Crippen LogP contribution in [0.4, 0.5) is 10.2 Å². The number of nitrogens with zero attached hydrogens (tertiary/aromatic N) is 1. The van der Waals surface area contributed by atoms with Crippen LogP contribution in [0.2, 0.25) is 0 Å². The second-order valence-electron chi connectivity index (χ2n) is 3.68. The molecule has 0 bridgehead atoms. The first kappa shape index (κ1) is 14.8. The van der Waals surface area contributed by atoms with Gasteiger partial charge >= 0.3 is 0 Å². The lowest BCUT2D eigenvalue weighted by Gasteiger charge is -2.10. The van der Waals surface area contributed by atoms with Gasteiger partial charge in [-0.25, -0.2) is 9.37 Å². The fourth-order valence-corrected chi connectivity index (χ4v) is 1.87. The third kappa shape index (κ3) is 4.52. The van der Waals surface area contributed by atoms with Gasteiger partial charge in [-0.05, 0) is 31.4 Å². The predicted molar refractivity (Wildman–Crippen MR) is 73.7 cm³/mol. The minimum absolute atomic E-state index is 0.251. The molecular formula is C12H18FN3OS. The van der Waals surface area contributed by atoms with Gasteiger partial charge in [0.2, 0.25) is 0 Å². The van der Waals surface area contributed by atoms with Gasteiger partial charge in [-0.1, -0.05) is 0 Å². The van der Waals surface area contributed by atoms with Crippen molar-refractivity contribution in [1.82, 2.24) is 10.3 Å². The summed E-state index contributed by atoms with van der Waals surface area (Å²) in [5.74, 6) is 0.605. The van der Waals surface area contributed by atoms with Crippen molar-refractivity contribution in [2.75, 3.05) is 30.4 Å². The number of hydrogen-bond acceptors (Lipinski definition) is 4. The summed E-state index contributed by atoms with van der Waals surface area (Å²) in [6.07, 6.45) is 4.01. The molecule has 0 saturated heterocycles. The Morgan fingerprint density at radius 3 is 3.00 bits per heavy atom. The lowest BCUT2D eigenvalue weighted by Crippen LogP contribution is -2.26. The Bertz CT molecular complexity index is 401. The third-order valence-corrected chi connectivity index (χ3v) is 2.95. The van der Waals surface area contributed by atoms with Gasteiger partial charge in [0, 0.05) is 13.1 Å². The van der Waals surface area contributed by atoms with Crippen molar-refractivity contribution in [1.29, 1.82) is 0 Å². The van der Waals surface area contributed by atoms with Crippen LogP contribution in [0, 0.1) is 5.82 Å². The Hall–Kier alpha value is -1.30. The number of anilines is 1. The minimum Gasteiger partial charge on any atom is -0.370 e. The van der Waals surface area contributed by atoms with Crippen LogP contribution in [0.1, 0.15) is 23.7 Å². The molecule has 0 unspecified atom stereocenters. The molecular weight excluding hydrogens is 253 g/mol. The lowest BCUT2D eigenvalue weighted by molar-refractivity contribution is 0.0954. The summed E-state index contributed by atoms with van der Waals surface area (Å²) in [5.41, 5.74) is 0.251. The number of aromatic nitrogens is 1. The molecule has 1 amide bonds. The van der Waals surface area contributed by atoms with Crippen molar-refractivity contribution >= 4 is 23.5 Å². The Morgan fingerprint density at radius 2 is 2.33 bits per heavy atom. The Balaban J connectivity index is 2.67. The predicted octanol–water partition coefficient (Wildman–Crippen LogP) is 2.14. The molecule has 0 fully saturated rings. The Kier molecular flexibility index (Phi) is 6.49. The topological polar surface area (TPSA) is 54.0 Å². The molecule has 2 N–H and O–H groups in total. The molecule has 0 spiro atoms. The summed E-state index contributed by atoms with van der Waals surface area (Å²) in [6, 6.07) is 1.20. The number of nitrogens with one attached hydrogen (secondary N) is 2. The summed E-state index contributed by atoms with van der Waals surface area (Å²) in [6.45, 7) is 3.11. The highest BCUT2D eigenvalue weighted by molar-refractivity contribution is 7.98. The van der Waals surface area contributed by atoms with Crippen LogP contribution in [0.25, 0.3) is 0 Å².